The van der Waals surface area contributed by atoms with Gasteiger partial charge in [-0.2, -0.15) is 0 Å². The smallest absolute Gasteiger partial charge is 0.272 e. The van der Waals surface area contributed by atoms with E-state index in [4.69, 9.17) is 9.47 Å². The number of hydrogen-bond acceptors (Lipinski definition) is 5. The Hall–Kier alpha value is -2.77. The van der Waals surface area contributed by atoms with Crippen molar-refractivity contribution in [3.63, 3.8) is 0 Å². The van der Waals surface area contributed by atoms with E-state index in [1.165, 1.54) is 6.20 Å². The van der Waals surface area contributed by atoms with Gasteiger partial charge in [-0.05, 0) is 17.7 Å². The zero-order valence-electron chi connectivity index (χ0n) is 16.5. The maximum atomic E-state index is 12.9. The van der Waals surface area contributed by atoms with Gasteiger partial charge in [0.15, 0.2) is 5.79 Å². The first kappa shape index (κ1) is 19.5. The van der Waals surface area contributed by atoms with Gasteiger partial charge in [-0.15, -0.1) is 0 Å². The van der Waals surface area contributed by atoms with Crippen molar-refractivity contribution in [3.8, 4) is 0 Å². The summed E-state index contributed by atoms with van der Waals surface area (Å²) in [4.78, 5) is 33.3. The molecule has 1 spiro atoms. The number of pyridine rings is 1. The third-order valence-electron chi connectivity index (χ3n) is 5.46. The summed E-state index contributed by atoms with van der Waals surface area (Å²) in [6, 6.07) is 13.0. The molecule has 7 nitrogen and oxygen atoms in total. The van der Waals surface area contributed by atoms with Gasteiger partial charge in [-0.25, -0.2) is 0 Å². The van der Waals surface area contributed by atoms with E-state index in [9.17, 15) is 9.59 Å². The van der Waals surface area contributed by atoms with Crippen molar-refractivity contribution in [1.82, 2.24) is 14.8 Å². The molecule has 7 heteroatoms. The number of ether oxygens (including phenoxy) is 2. The summed E-state index contributed by atoms with van der Waals surface area (Å²) in [5, 5.41) is 0. The summed E-state index contributed by atoms with van der Waals surface area (Å²) in [7, 11) is 1.75. The monoisotopic (exact) mass is 395 g/mol. The largest absolute Gasteiger partial charge is 0.347 e. The molecular formula is C22H25N3O4. The molecule has 2 saturated heterocycles. The zero-order valence-corrected chi connectivity index (χ0v) is 16.5. The standard InChI is InChI=1S/C22H25N3O4/c1-24(16-17-5-3-2-4-6-17)20(26)18-7-10-23-19(15-18)21(27)25-11-8-22(9-12-25)28-13-14-29-22/h2-7,10,15H,8-9,11-14,16H2,1H3. The van der Waals surface area contributed by atoms with Gasteiger partial charge in [0.25, 0.3) is 11.8 Å². The van der Waals surface area contributed by atoms with Crippen molar-refractivity contribution in [2.75, 3.05) is 33.4 Å². The first-order chi connectivity index (χ1) is 14.1. The van der Waals surface area contributed by atoms with Gasteiger partial charge in [-0.1, -0.05) is 30.3 Å². The second-order valence-corrected chi connectivity index (χ2v) is 7.48. The molecule has 2 fully saturated rings. The highest BCUT2D eigenvalue weighted by molar-refractivity contribution is 5.98. The van der Waals surface area contributed by atoms with Crippen LogP contribution in [0, 0.1) is 0 Å². The first-order valence-electron chi connectivity index (χ1n) is 9.89. The fourth-order valence-corrected chi connectivity index (χ4v) is 3.83. The summed E-state index contributed by atoms with van der Waals surface area (Å²) >= 11 is 0. The normalized spacial score (nSPS) is 18.0. The Balaban J connectivity index is 1.41. The SMILES string of the molecule is CN(Cc1ccccc1)C(=O)c1ccnc(C(=O)N2CCC3(CC2)OCCO3)c1. The van der Waals surface area contributed by atoms with Gasteiger partial charge >= 0.3 is 0 Å². The number of amides is 2. The molecule has 1 aromatic carbocycles. The van der Waals surface area contributed by atoms with Crippen LogP contribution in [0.2, 0.25) is 0 Å². The van der Waals surface area contributed by atoms with Crippen LogP contribution in [-0.2, 0) is 16.0 Å². The number of nitrogens with zero attached hydrogens (tertiary/aromatic N) is 3. The lowest BCUT2D eigenvalue weighted by Crippen LogP contribution is -2.47. The molecule has 2 aromatic rings. The van der Waals surface area contributed by atoms with E-state index in [-0.39, 0.29) is 17.5 Å². The highest BCUT2D eigenvalue weighted by atomic mass is 16.7. The fraction of sp³-hybridized carbons (Fsp3) is 0.409. The van der Waals surface area contributed by atoms with Crippen LogP contribution < -0.4 is 0 Å². The zero-order chi connectivity index (χ0) is 20.3. The summed E-state index contributed by atoms with van der Waals surface area (Å²) in [5.41, 5.74) is 1.79. The number of carbonyl (C=O) groups excluding carboxylic acids is 2. The molecule has 0 unspecified atom stereocenters. The third-order valence-corrected chi connectivity index (χ3v) is 5.46. The first-order valence-corrected chi connectivity index (χ1v) is 9.89. The molecule has 4 rings (SSSR count). The van der Waals surface area contributed by atoms with Crippen LogP contribution in [0.15, 0.2) is 48.7 Å². The number of piperidine rings is 1. The van der Waals surface area contributed by atoms with Gasteiger partial charge < -0.3 is 19.3 Å². The lowest BCUT2D eigenvalue weighted by molar-refractivity contribution is -0.181. The van der Waals surface area contributed by atoms with Crippen LogP contribution in [0.1, 0.15) is 39.3 Å². The number of hydrogen-bond donors (Lipinski definition) is 0. The van der Waals surface area contributed by atoms with Crippen molar-refractivity contribution in [2.45, 2.75) is 25.2 Å². The molecular weight excluding hydrogens is 370 g/mol. The van der Waals surface area contributed by atoms with Crippen molar-refractivity contribution >= 4 is 11.8 Å². The molecule has 0 radical (unpaired) electrons. The molecule has 0 atom stereocenters. The lowest BCUT2D eigenvalue weighted by atomic mass is 10.0. The molecule has 0 N–H and O–H groups in total. The van der Waals surface area contributed by atoms with Gasteiger partial charge in [0.2, 0.25) is 0 Å². The Bertz CT molecular complexity index is 871. The number of rotatable bonds is 4. The number of likely N-dealkylation sites (tertiary alicyclic amines) is 1. The molecule has 0 saturated carbocycles. The highest BCUT2D eigenvalue weighted by Gasteiger charge is 2.41. The average Bonchev–Trinajstić information content (AvgIpc) is 3.22. The van der Waals surface area contributed by atoms with Crippen LogP contribution in [0.25, 0.3) is 0 Å². The summed E-state index contributed by atoms with van der Waals surface area (Å²) in [6.07, 6.45) is 2.82. The summed E-state index contributed by atoms with van der Waals surface area (Å²) in [5.74, 6) is -0.837. The molecule has 2 amide bonds. The quantitative estimate of drug-likeness (QED) is 0.795. The second kappa shape index (κ2) is 8.31. The molecule has 2 aliphatic heterocycles. The summed E-state index contributed by atoms with van der Waals surface area (Å²) < 4.78 is 11.4. The highest BCUT2D eigenvalue weighted by Crippen LogP contribution is 2.31. The van der Waals surface area contributed by atoms with Crippen LogP contribution in [0.4, 0.5) is 0 Å². The van der Waals surface area contributed by atoms with E-state index >= 15 is 0 Å². The molecule has 1 aromatic heterocycles. The predicted octanol–water partition coefficient (Wildman–Crippen LogP) is 2.33. The third kappa shape index (κ3) is 4.31. The Labute approximate surface area is 170 Å². The summed E-state index contributed by atoms with van der Waals surface area (Å²) in [6.45, 7) is 2.81. The minimum atomic E-state index is -0.526. The van der Waals surface area contributed by atoms with Gasteiger partial charge in [-0.3, -0.25) is 14.6 Å². The van der Waals surface area contributed by atoms with E-state index in [1.54, 1.807) is 29.0 Å². The molecule has 3 heterocycles. The minimum Gasteiger partial charge on any atom is -0.347 e. The van der Waals surface area contributed by atoms with E-state index in [0.717, 1.165) is 5.56 Å². The van der Waals surface area contributed by atoms with Gasteiger partial charge in [0.05, 0.1) is 13.2 Å². The van der Waals surface area contributed by atoms with Crippen LogP contribution in [0.5, 0.6) is 0 Å². The molecule has 0 bridgehead atoms. The van der Waals surface area contributed by atoms with Crippen LogP contribution in [0.3, 0.4) is 0 Å². The number of aromatic nitrogens is 1. The topological polar surface area (TPSA) is 72.0 Å². The lowest BCUT2D eigenvalue weighted by Gasteiger charge is -2.37. The molecule has 0 aliphatic carbocycles. The fourth-order valence-electron chi connectivity index (χ4n) is 3.83. The average molecular weight is 395 g/mol. The molecule has 2 aliphatic rings. The van der Waals surface area contributed by atoms with Crippen molar-refractivity contribution in [1.29, 1.82) is 0 Å². The Morgan fingerprint density at radius 2 is 1.79 bits per heavy atom. The number of carbonyl (C=O) groups is 2. The van der Waals surface area contributed by atoms with Crippen molar-refractivity contribution in [3.05, 3.63) is 65.5 Å². The van der Waals surface area contributed by atoms with E-state index in [2.05, 4.69) is 4.98 Å². The Morgan fingerprint density at radius 1 is 1.10 bits per heavy atom. The van der Waals surface area contributed by atoms with Crippen LogP contribution >= 0.6 is 0 Å². The van der Waals surface area contributed by atoms with E-state index in [1.807, 2.05) is 30.3 Å². The minimum absolute atomic E-state index is 0.143. The van der Waals surface area contributed by atoms with Crippen molar-refractivity contribution in [2.24, 2.45) is 0 Å². The number of benzene rings is 1. The maximum absolute atomic E-state index is 12.9. The second-order valence-electron chi connectivity index (χ2n) is 7.48. The molecule has 152 valence electrons. The predicted molar refractivity (Wildman–Crippen MR) is 106 cm³/mol. The maximum Gasteiger partial charge on any atom is 0.272 e. The Morgan fingerprint density at radius 3 is 2.48 bits per heavy atom. The van der Waals surface area contributed by atoms with Crippen LogP contribution in [-0.4, -0.2) is 65.7 Å². The molecule has 29 heavy (non-hydrogen) atoms. The Kier molecular flexibility index (Phi) is 5.60. The van der Waals surface area contributed by atoms with E-state index < -0.39 is 5.79 Å². The van der Waals surface area contributed by atoms with E-state index in [0.29, 0.717) is 51.3 Å². The van der Waals surface area contributed by atoms with Gasteiger partial charge in [0, 0.05) is 51.3 Å². The van der Waals surface area contributed by atoms with Crippen molar-refractivity contribution < 1.29 is 19.1 Å². The van der Waals surface area contributed by atoms with Gasteiger partial charge in [0.1, 0.15) is 5.69 Å².